The van der Waals surface area contributed by atoms with Crippen LogP contribution in [0, 0.1) is 24.5 Å². The normalized spacial score (nSPS) is 15.7. The van der Waals surface area contributed by atoms with Crippen LogP contribution >= 0.6 is 0 Å². The van der Waals surface area contributed by atoms with E-state index in [1.54, 1.807) is 25.1 Å². The predicted molar refractivity (Wildman–Crippen MR) is 113 cm³/mol. The van der Waals surface area contributed by atoms with E-state index in [1.165, 1.54) is 18.2 Å². The van der Waals surface area contributed by atoms with Crippen LogP contribution in [0.1, 0.15) is 42.6 Å². The van der Waals surface area contributed by atoms with Gasteiger partial charge in [-0.05, 0) is 81.2 Å². The number of benzene rings is 2. The topological polar surface area (TPSA) is 23.6 Å². The summed E-state index contributed by atoms with van der Waals surface area (Å²) in [4.78, 5) is 17.5. The molecule has 29 heavy (non-hydrogen) atoms. The molecule has 2 aromatic carbocycles. The third-order valence-electron chi connectivity index (χ3n) is 5.65. The Morgan fingerprint density at radius 3 is 2.34 bits per heavy atom. The number of rotatable bonds is 5. The van der Waals surface area contributed by atoms with Crippen LogP contribution < -0.4 is 0 Å². The maximum absolute atomic E-state index is 14.9. The van der Waals surface area contributed by atoms with Crippen LogP contribution in [0.15, 0.2) is 36.4 Å². The molecule has 0 bridgehead atoms. The summed E-state index contributed by atoms with van der Waals surface area (Å²) in [6.07, 6.45) is 1.87. The summed E-state index contributed by atoms with van der Waals surface area (Å²) in [5.41, 5.74) is 2.05. The van der Waals surface area contributed by atoms with E-state index in [1.807, 2.05) is 4.90 Å². The van der Waals surface area contributed by atoms with Crippen molar-refractivity contribution in [3.8, 4) is 11.1 Å². The first-order chi connectivity index (χ1) is 13.8. The van der Waals surface area contributed by atoms with Gasteiger partial charge in [0.2, 0.25) is 0 Å². The zero-order valence-electron chi connectivity index (χ0n) is 17.7. The fraction of sp³-hybridized carbons (Fsp3) is 0.458. The molecule has 1 fully saturated rings. The molecule has 0 aliphatic carbocycles. The van der Waals surface area contributed by atoms with Crippen molar-refractivity contribution in [1.29, 1.82) is 0 Å². The summed E-state index contributed by atoms with van der Waals surface area (Å²) in [6.45, 7) is 8.52. The number of likely N-dealkylation sites (tertiary alicyclic amines) is 1. The summed E-state index contributed by atoms with van der Waals surface area (Å²) in [5, 5.41) is 0. The Morgan fingerprint density at radius 1 is 1.10 bits per heavy atom. The molecule has 0 aromatic heterocycles. The van der Waals surface area contributed by atoms with Crippen LogP contribution in [0.3, 0.4) is 0 Å². The molecule has 3 rings (SSSR count). The number of halogens is 2. The van der Waals surface area contributed by atoms with Crippen molar-refractivity contribution in [3.05, 3.63) is 59.2 Å². The minimum absolute atomic E-state index is 0.116. The number of aryl methyl sites for hydroxylation is 1. The molecular weight excluding hydrogens is 370 g/mol. The number of nitrogens with zero attached hydrogens (tertiary/aromatic N) is 2. The van der Waals surface area contributed by atoms with Gasteiger partial charge in [0.1, 0.15) is 11.6 Å². The standard InChI is InChI=1S/C24H30F2N2O/c1-16(2)15-28(20-9-11-27(4)12-10-20)24(29)18-5-7-22(23(26)14-18)21-8-6-19(25)13-17(21)3/h5-8,13-14,16,20H,9-12,15H2,1-4H3. The first kappa shape index (κ1) is 21.4. The van der Waals surface area contributed by atoms with Gasteiger partial charge in [-0.2, -0.15) is 0 Å². The van der Waals surface area contributed by atoms with Crippen molar-refractivity contribution in [2.45, 2.75) is 39.7 Å². The average molecular weight is 401 g/mol. The second kappa shape index (κ2) is 9.04. The molecule has 5 heteroatoms. The Hall–Kier alpha value is -2.27. The van der Waals surface area contributed by atoms with Crippen molar-refractivity contribution in [2.24, 2.45) is 5.92 Å². The summed E-state index contributed by atoms with van der Waals surface area (Å²) >= 11 is 0. The van der Waals surface area contributed by atoms with Gasteiger partial charge in [0.15, 0.2) is 0 Å². The minimum atomic E-state index is -0.460. The van der Waals surface area contributed by atoms with Crippen LogP contribution in [0.4, 0.5) is 8.78 Å². The second-order valence-electron chi connectivity index (χ2n) is 8.54. The smallest absolute Gasteiger partial charge is 0.254 e. The maximum atomic E-state index is 14.9. The molecule has 156 valence electrons. The summed E-state index contributed by atoms with van der Waals surface area (Å²) in [5.74, 6) is -0.585. The highest BCUT2D eigenvalue weighted by molar-refractivity contribution is 5.95. The fourth-order valence-corrected chi connectivity index (χ4v) is 4.06. The van der Waals surface area contributed by atoms with Gasteiger partial charge in [-0.1, -0.05) is 26.0 Å². The molecule has 0 unspecified atom stereocenters. The van der Waals surface area contributed by atoms with Crippen LogP contribution in [-0.2, 0) is 0 Å². The molecule has 0 saturated carbocycles. The highest BCUT2D eigenvalue weighted by Gasteiger charge is 2.28. The molecule has 0 radical (unpaired) electrons. The zero-order valence-corrected chi connectivity index (χ0v) is 17.7. The lowest BCUT2D eigenvalue weighted by Crippen LogP contribution is -2.47. The number of carbonyl (C=O) groups excluding carboxylic acids is 1. The number of amides is 1. The van der Waals surface area contributed by atoms with E-state index in [-0.39, 0.29) is 17.8 Å². The molecular formula is C24H30F2N2O. The minimum Gasteiger partial charge on any atom is -0.335 e. The third-order valence-corrected chi connectivity index (χ3v) is 5.65. The van der Waals surface area contributed by atoms with Gasteiger partial charge in [-0.15, -0.1) is 0 Å². The third kappa shape index (κ3) is 5.02. The predicted octanol–water partition coefficient (Wildman–Crippen LogP) is 5.13. The van der Waals surface area contributed by atoms with Crippen LogP contribution in [0.5, 0.6) is 0 Å². The highest BCUT2D eigenvalue weighted by Crippen LogP contribution is 2.28. The first-order valence-corrected chi connectivity index (χ1v) is 10.3. The van der Waals surface area contributed by atoms with Crippen molar-refractivity contribution in [2.75, 3.05) is 26.7 Å². The van der Waals surface area contributed by atoms with E-state index in [4.69, 9.17) is 0 Å². The van der Waals surface area contributed by atoms with E-state index in [0.717, 1.165) is 25.9 Å². The summed E-state index contributed by atoms with van der Waals surface area (Å²) in [6, 6.07) is 9.11. The molecule has 3 nitrogen and oxygen atoms in total. The Labute approximate surface area is 172 Å². The molecule has 1 heterocycles. The zero-order chi connectivity index (χ0) is 21.1. The first-order valence-electron chi connectivity index (χ1n) is 10.3. The Bertz CT molecular complexity index is 873. The molecule has 1 saturated heterocycles. The molecule has 1 amide bonds. The molecule has 0 spiro atoms. The molecule has 1 aliphatic heterocycles. The largest absolute Gasteiger partial charge is 0.335 e. The Morgan fingerprint density at radius 2 is 1.76 bits per heavy atom. The lowest BCUT2D eigenvalue weighted by Gasteiger charge is -2.38. The van der Waals surface area contributed by atoms with Gasteiger partial charge < -0.3 is 9.80 Å². The molecule has 1 aliphatic rings. The second-order valence-corrected chi connectivity index (χ2v) is 8.54. The van der Waals surface area contributed by atoms with Gasteiger partial charge in [0.05, 0.1) is 0 Å². The van der Waals surface area contributed by atoms with Gasteiger partial charge in [-0.3, -0.25) is 4.79 Å². The number of carbonyl (C=O) groups is 1. The average Bonchev–Trinajstić information content (AvgIpc) is 2.67. The van der Waals surface area contributed by atoms with Gasteiger partial charge in [0, 0.05) is 23.7 Å². The van der Waals surface area contributed by atoms with E-state index in [0.29, 0.717) is 34.7 Å². The van der Waals surface area contributed by atoms with Crippen molar-refractivity contribution < 1.29 is 13.6 Å². The summed E-state index contributed by atoms with van der Waals surface area (Å²) in [7, 11) is 2.09. The van der Waals surface area contributed by atoms with E-state index >= 15 is 0 Å². The van der Waals surface area contributed by atoms with Crippen LogP contribution in [0.2, 0.25) is 0 Å². The van der Waals surface area contributed by atoms with Crippen LogP contribution in [0.25, 0.3) is 11.1 Å². The SMILES string of the molecule is Cc1cc(F)ccc1-c1ccc(C(=O)N(CC(C)C)C2CCN(C)CC2)cc1F. The number of hydrogen-bond acceptors (Lipinski definition) is 2. The summed E-state index contributed by atoms with van der Waals surface area (Å²) < 4.78 is 28.3. The van der Waals surface area contributed by atoms with Gasteiger partial charge >= 0.3 is 0 Å². The molecule has 2 aromatic rings. The lowest BCUT2D eigenvalue weighted by atomic mass is 9.97. The van der Waals surface area contributed by atoms with E-state index in [2.05, 4.69) is 25.8 Å². The number of hydrogen-bond donors (Lipinski definition) is 0. The Balaban J connectivity index is 1.87. The fourth-order valence-electron chi connectivity index (χ4n) is 4.06. The molecule has 0 atom stereocenters. The number of piperidine rings is 1. The quantitative estimate of drug-likeness (QED) is 0.694. The maximum Gasteiger partial charge on any atom is 0.254 e. The van der Waals surface area contributed by atoms with Crippen molar-refractivity contribution in [3.63, 3.8) is 0 Å². The Kier molecular flexibility index (Phi) is 6.68. The monoisotopic (exact) mass is 400 g/mol. The highest BCUT2D eigenvalue weighted by atomic mass is 19.1. The lowest BCUT2D eigenvalue weighted by molar-refractivity contribution is 0.0559. The van der Waals surface area contributed by atoms with E-state index < -0.39 is 5.82 Å². The van der Waals surface area contributed by atoms with Gasteiger partial charge in [-0.25, -0.2) is 8.78 Å². The van der Waals surface area contributed by atoms with Crippen molar-refractivity contribution >= 4 is 5.91 Å². The van der Waals surface area contributed by atoms with Crippen molar-refractivity contribution in [1.82, 2.24) is 9.80 Å². The van der Waals surface area contributed by atoms with Crippen LogP contribution in [-0.4, -0.2) is 48.4 Å². The molecule has 0 N–H and O–H groups in total. The van der Waals surface area contributed by atoms with E-state index in [9.17, 15) is 13.6 Å². The van der Waals surface area contributed by atoms with Gasteiger partial charge in [0.25, 0.3) is 5.91 Å².